The van der Waals surface area contributed by atoms with Gasteiger partial charge in [-0.25, -0.2) is 4.68 Å². The molecule has 2 unspecified atom stereocenters. The molecule has 1 heterocycles. The molecule has 1 aliphatic carbocycles. The molecule has 20 heavy (non-hydrogen) atoms. The second-order valence-corrected chi connectivity index (χ2v) is 5.96. The van der Waals surface area contributed by atoms with Gasteiger partial charge in [-0.3, -0.25) is 0 Å². The number of anilines is 1. The van der Waals surface area contributed by atoms with Gasteiger partial charge in [0.05, 0.1) is 16.8 Å². The molecule has 1 aliphatic rings. The minimum Gasteiger partial charge on any atom is -0.398 e. The number of nitrogens with zero attached hydrogens (tertiary/aromatic N) is 4. The van der Waals surface area contributed by atoms with Crippen LogP contribution in [0.3, 0.4) is 0 Å². The SMILES string of the molecule is CC1CCCC(n2nnnc2-c2cccc(N)c2Cl)C1. The number of nitrogen functional groups attached to an aromatic ring is 1. The van der Waals surface area contributed by atoms with Crippen LogP contribution in [-0.2, 0) is 0 Å². The summed E-state index contributed by atoms with van der Waals surface area (Å²) in [7, 11) is 0. The number of hydrogen-bond donors (Lipinski definition) is 1. The molecule has 0 bridgehead atoms. The summed E-state index contributed by atoms with van der Waals surface area (Å²) in [5.41, 5.74) is 7.22. The summed E-state index contributed by atoms with van der Waals surface area (Å²) in [6.07, 6.45) is 4.73. The Morgan fingerprint density at radius 1 is 1.35 bits per heavy atom. The van der Waals surface area contributed by atoms with E-state index in [1.807, 2.05) is 16.8 Å². The standard InChI is InChI=1S/C14H18ClN5/c1-9-4-2-5-10(8-9)20-14(17-18-19-20)11-6-3-7-12(16)13(11)15/h3,6-7,9-10H,2,4-5,8,16H2,1H3. The van der Waals surface area contributed by atoms with Crippen LogP contribution in [0.2, 0.25) is 5.02 Å². The third kappa shape index (κ3) is 2.38. The zero-order valence-corrected chi connectivity index (χ0v) is 12.2. The van der Waals surface area contributed by atoms with Crippen LogP contribution in [0.15, 0.2) is 18.2 Å². The van der Waals surface area contributed by atoms with Gasteiger partial charge in [-0.1, -0.05) is 37.4 Å². The molecular weight excluding hydrogens is 274 g/mol. The van der Waals surface area contributed by atoms with Crippen LogP contribution in [-0.4, -0.2) is 20.2 Å². The van der Waals surface area contributed by atoms with Gasteiger partial charge in [0.25, 0.3) is 0 Å². The van der Waals surface area contributed by atoms with Crippen molar-refractivity contribution in [2.24, 2.45) is 5.92 Å². The lowest BCUT2D eigenvalue weighted by molar-refractivity contribution is 0.265. The molecule has 1 fully saturated rings. The number of hydrogen-bond acceptors (Lipinski definition) is 4. The fourth-order valence-electron chi connectivity index (χ4n) is 2.96. The lowest BCUT2D eigenvalue weighted by Gasteiger charge is -2.27. The molecule has 2 N–H and O–H groups in total. The molecular formula is C14H18ClN5. The topological polar surface area (TPSA) is 69.6 Å². The van der Waals surface area contributed by atoms with Crippen LogP contribution in [0.25, 0.3) is 11.4 Å². The second kappa shape index (κ2) is 5.40. The summed E-state index contributed by atoms with van der Waals surface area (Å²) in [6, 6.07) is 5.91. The van der Waals surface area contributed by atoms with Gasteiger partial charge in [-0.05, 0) is 41.3 Å². The molecule has 5 nitrogen and oxygen atoms in total. The van der Waals surface area contributed by atoms with Crippen molar-refractivity contribution in [1.29, 1.82) is 0 Å². The van der Waals surface area contributed by atoms with E-state index in [0.717, 1.165) is 18.4 Å². The molecule has 2 aromatic rings. The lowest BCUT2D eigenvalue weighted by Crippen LogP contribution is -2.19. The maximum Gasteiger partial charge on any atom is 0.183 e. The summed E-state index contributed by atoms with van der Waals surface area (Å²) in [4.78, 5) is 0. The average Bonchev–Trinajstić information content (AvgIpc) is 2.91. The average molecular weight is 292 g/mol. The van der Waals surface area contributed by atoms with Crippen LogP contribution in [0.5, 0.6) is 0 Å². The Kier molecular flexibility index (Phi) is 3.61. The maximum absolute atomic E-state index is 6.29. The van der Waals surface area contributed by atoms with E-state index in [1.54, 1.807) is 6.07 Å². The molecule has 3 rings (SSSR count). The second-order valence-electron chi connectivity index (χ2n) is 5.58. The Morgan fingerprint density at radius 3 is 3.00 bits per heavy atom. The summed E-state index contributed by atoms with van der Waals surface area (Å²) in [5, 5.41) is 12.7. The highest BCUT2D eigenvalue weighted by Gasteiger charge is 2.25. The van der Waals surface area contributed by atoms with Crippen molar-refractivity contribution in [2.45, 2.75) is 38.6 Å². The molecule has 0 radical (unpaired) electrons. The van der Waals surface area contributed by atoms with Gasteiger partial charge in [-0.2, -0.15) is 0 Å². The molecule has 2 atom stereocenters. The van der Waals surface area contributed by atoms with Crippen LogP contribution >= 0.6 is 11.6 Å². The Morgan fingerprint density at radius 2 is 2.20 bits per heavy atom. The third-order valence-corrected chi connectivity index (χ3v) is 4.44. The highest BCUT2D eigenvalue weighted by atomic mass is 35.5. The van der Waals surface area contributed by atoms with Gasteiger partial charge in [0.1, 0.15) is 0 Å². The predicted molar refractivity (Wildman–Crippen MR) is 79.3 cm³/mol. The van der Waals surface area contributed by atoms with Crippen LogP contribution in [0, 0.1) is 5.92 Å². The summed E-state index contributed by atoms with van der Waals surface area (Å²) < 4.78 is 1.91. The number of nitrogens with two attached hydrogens (primary N) is 1. The smallest absolute Gasteiger partial charge is 0.183 e. The van der Waals surface area contributed by atoms with Crippen molar-refractivity contribution in [3.63, 3.8) is 0 Å². The van der Waals surface area contributed by atoms with E-state index >= 15 is 0 Å². The van der Waals surface area contributed by atoms with E-state index in [0.29, 0.717) is 28.5 Å². The van der Waals surface area contributed by atoms with Gasteiger partial charge in [0.2, 0.25) is 0 Å². The molecule has 1 aromatic carbocycles. The molecule has 106 valence electrons. The quantitative estimate of drug-likeness (QED) is 0.862. The fraction of sp³-hybridized carbons (Fsp3) is 0.500. The highest BCUT2D eigenvalue weighted by molar-refractivity contribution is 6.35. The molecule has 1 aromatic heterocycles. The van der Waals surface area contributed by atoms with E-state index in [2.05, 4.69) is 22.4 Å². The van der Waals surface area contributed by atoms with E-state index in [9.17, 15) is 0 Å². The van der Waals surface area contributed by atoms with Crippen molar-refractivity contribution in [1.82, 2.24) is 20.2 Å². The van der Waals surface area contributed by atoms with E-state index in [-0.39, 0.29) is 0 Å². The monoisotopic (exact) mass is 291 g/mol. The van der Waals surface area contributed by atoms with Crippen LogP contribution in [0.4, 0.5) is 5.69 Å². The van der Waals surface area contributed by atoms with Crippen molar-refractivity contribution < 1.29 is 0 Å². The molecule has 0 amide bonds. The third-order valence-electron chi connectivity index (χ3n) is 4.02. The predicted octanol–water partition coefficient (Wildman–Crippen LogP) is 3.33. The fourth-order valence-corrected chi connectivity index (χ4v) is 3.17. The zero-order valence-electron chi connectivity index (χ0n) is 11.5. The first-order valence-corrected chi connectivity index (χ1v) is 7.37. The van der Waals surface area contributed by atoms with Crippen LogP contribution < -0.4 is 5.73 Å². The molecule has 0 spiro atoms. The van der Waals surface area contributed by atoms with Gasteiger partial charge < -0.3 is 5.73 Å². The van der Waals surface area contributed by atoms with Crippen molar-refractivity contribution in [3.05, 3.63) is 23.2 Å². The number of benzene rings is 1. The number of rotatable bonds is 2. The lowest BCUT2D eigenvalue weighted by atomic mass is 9.87. The first kappa shape index (κ1) is 13.4. The Hall–Kier alpha value is -1.62. The molecule has 1 saturated carbocycles. The highest BCUT2D eigenvalue weighted by Crippen LogP contribution is 2.36. The minimum atomic E-state index is 0.348. The largest absolute Gasteiger partial charge is 0.398 e. The van der Waals surface area contributed by atoms with E-state index in [4.69, 9.17) is 17.3 Å². The van der Waals surface area contributed by atoms with Crippen molar-refractivity contribution in [3.8, 4) is 11.4 Å². The zero-order chi connectivity index (χ0) is 14.1. The first-order chi connectivity index (χ1) is 9.66. The normalized spacial score (nSPS) is 22.9. The number of halogens is 1. The number of aromatic nitrogens is 4. The first-order valence-electron chi connectivity index (χ1n) is 6.99. The van der Waals surface area contributed by atoms with Crippen molar-refractivity contribution >= 4 is 17.3 Å². The summed E-state index contributed by atoms with van der Waals surface area (Å²) in [6.45, 7) is 2.28. The van der Waals surface area contributed by atoms with E-state index in [1.165, 1.54) is 12.8 Å². The van der Waals surface area contributed by atoms with Gasteiger partial charge in [0, 0.05) is 5.56 Å². The van der Waals surface area contributed by atoms with Crippen molar-refractivity contribution in [2.75, 3.05) is 5.73 Å². The summed E-state index contributed by atoms with van der Waals surface area (Å²) >= 11 is 6.29. The maximum atomic E-state index is 6.29. The van der Waals surface area contributed by atoms with Crippen LogP contribution in [0.1, 0.15) is 38.6 Å². The van der Waals surface area contributed by atoms with Gasteiger partial charge in [0.15, 0.2) is 5.82 Å². The van der Waals surface area contributed by atoms with Gasteiger partial charge >= 0.3 is 0 Å². The summed E-state index contributed by atoms with van der Waals surface area (Å²) in [5.74, 6) is 1.42. The Labute approximate surface area is 123 Å². The Balaban J connectivity index is 1.99. The number of tetrazole rings is 1. The molecule has 0 saturated heterocycles. The van der Waals surface area contributed by atoms with Gasteiger partial charge in [-0.15, -0.1) is 5.10 Å². The minimum absolute atomic E-state index is 0.348. The Bertz CT molecular complexity index is 609. The molecule has 0 aliphatic heterocycles. The van der Waals surface area contributed by atoms with E-state index < -0.39 is 0 Å². The molecule has 6 heteroatoms.